The summed E-state index contributed by atoms with van der Waals surface area (Å²) < 4.78 is 43.3. The molecule has 1 aliphatic heterocycles. The lowest BCUT2D eigenvalue weighted by molar-refractivity contribution is -0.138. The third kappa shape index (κ3) is 4.24. The van der Waals surface area contributed by atoms with Gasteiger partial charge >= 0.3 is 6.18 Å². The molecule has 2 aromatic carbocycles. The molecule has 2 aliphatic rings. The van der Waals surface area contributed by atoms with Crippen molar-refractivity contribution < 1.29 is 22.8 Å². The minimum atomic E-state index is -4.73. The average molecular weight is 528 g/mol. The highest BCUT2D eigenvalue weighted by molar-refractivity contribution is 6.11. The molecule has 0 saturated heterocycles. The summed E-state index contributed by atoms with van der Waals surface area (Å²) in [5, 5.41) is 8.15. The Morgan fingerprint density at radius 2 is 1.87 bits per heavy atom. The van der Waals surface area contributed by atoms with Gasteiger partial charge in [-0.05, 0) is 59.9 Å². The van der Waals surface area contributed by atoms with Gasteiger partial charge in [-0.3, -0.25) is 14.5 Å². The molecule has 8 nitrogen and oxygen atoms in total. The third-order valence-corrected chi connectivity index (χ3v) is 7.00. The van der Waals surface area contributed by atoms with Gasteiger partial charge in [0.25, 0.3) is 5.91 Å². The van der Waals surface area contributed by atoms with Crippen LogP contribution >= 0.6 is 0 Å². The van der Waals surface area contributed by atoms with Crippen molar-refractivity contribution in [2.45, 2.75) is 31.5 Å². The molecule has 0 spiro atoms. The molecule has 0 atom stereocenters. The zero-order valence-electron chi connectivity index (χ0n) is 20.5. The van der Waals surface area contributed by atoms with E-state index in [2.05, 4.69) is 20.0 Å². The molecule has 0 unspecified atom stereocenters. The van der Waals surface area contributed by atoms with Crippen LogP contribution in [-0.4, -0.2) is 31.9 Å². The monoisotopic (exact) mass is 528 g/mol. The molecular formula is C28H19F3N6O2. The molecule has 3 heterocycles. The van der Waals surface area contributed by atoms with Crippen molar-refractivity contribution in [3.05, 3.63) is 88.2 Å². The Kier molecular flexibility index (Phi) is 5.57. The lowest BCUT2D eigenvalue weighted by Gasteiger charge is -2.19. The smallest absolute Gasteiger partial charge is 0.317 e. The maximum atomic E-state index is 13.9. The van der Waals surface area contributed by atoms with E-state index in [0.29, 0.717) is 34.5 Å². The maximum Gasteiger partial charge on any atom is 0.416 e. The van der Waals surface area contributed by atoms with Crippen LogP contribution in [0.4, 0.5) is 24.7 Å². The molecule has 11 heteroatoms. The Morgan fingerprint density at radius 1 is 1.08 bits per heavy atom. The Labute approximate surface area is 220 Å². The van der Waals surface area contributed by atoms with Gasteiger partial charge in [0.1, 0.15) is 18.4 Å². The summed E-state index contributed by atoms with van der Waals surface area (Å²) in [6.07, 6.45) is -1.06. The second kappa shape index (κ2) is 8.87. The second-order valence-corrected chi connectivity index (χ2v) is 9.62. The highest BCUT2D eigenvalue weighted by Gasteiger charge is 2.41. The fourth-order valence-electron chi connectivity index (χ4n) is 4.92. The SMILES string of the molecule is [C-]#[N+]c1ccc(-c2cc(C3CC3)nc(N3Cc4c(cc(C=O)cc4C(F)(F)F)C3=O)c2)c(-c2nncn2C)c1. The first-order valence-electron chi connectivity index (χ1n) is 12.1. The van der Waals surface area contributed by atoms with E-state index >= 15 is 0 Å². The largest absolute Gasteiger partial charge is 0.416 e. The number of benzene rings is 2. The predicted octanol–water partition coefficient (Wildman–Crippen LogP) is 5.96. The van der Waals surface area contributed by atoms with E-state index in [1.807, 2.05) is 6.07 Å². The number of carbonyl (C=O) groups excluding carboxylic acids is 2. The van der Waals surface area contributed by atoms with Gasteiger partial charge in [-0.15, -0.1) is 10.2 Å². The summed E-state index contributed by atoms with van der Waals surface area (Å²) in [5.74, 6) is 0.275. The van der Waals surface area contributed by atoms with Crippen LogP contribution in [0.5, 0.6) is 0 Å². The zero-order chi connectivity index (χ0) is 27.5. The molecule has 2 aromatic heterocycles. The number of amides is 1. The molecule has 0 bridgehead atoms. The van der Waals surface area contributed by atoms with Gasteiger partial charge < -0.3 is 4.57 Å². The minimum absolute atomic E-state index is 0.159. The van der Waals surface area contributed by atoms with Gasteiger partial charge in [0, 0.05) is 35.3 Å². The van der Waals surface area contributed by atoms with Crippen molar-refractivity contribution >= 4 is 23.7 Å². The second-order valence-electron chi connectivity index (χ2n) is 9.62. The number of fused-ring (bicyclic) bond motifs is 1. The number of rotatable bonds is 5. The molecule has 1 fully saturated rings. The van der Waals surface area contributed by atoms with Crippen molar-refractivity contribution in [1.29, 1.82) is 0 Å². The van der Waals surface area contributed by atoms with E-state index in [9.17, 15) is 22.8 Å². The molecule has 1 aliphatic carbocycles. The summed E-state index contributed by atoms with van der Waals surface area (Å²) in [7, 11) is 1.78. The number of pyridine rings is 1. The Balaban J connectivity index is 1.50. The predicted molar refractivity (Wildman–Crippen MR) is 135 cm³/mol. The summed E-state index contributed by atoms with van der Waals surface area (Å²) in [5.41, 5.74) is 1.62. The van der Waals surface area contributed by atoms with Crippen molar-refractivity contribution in [2.75, 3.05) is 4.90 Å². The molecular weight excluding hydrogens is 509 g/mol. The van der Waals surface area contributed by atoms with Crippen molar-refractivity contribution in [3.63, 3.8) is 0 Å². The van der Waals surface area contributed by atoms with Crippen LogP contribution in [0.1, 0.15) is 56.3 Å². The van der Waals surface area contributed by atoms with Crippen LogP contribution in [0.15, 0.2) is 48.8 Å². The molecule has 194 valence electrons. The molecule has 1 saturated carbocycles. The van der Waals surface area contributed by atoms with Crippen LogP contribution in [0.2, 0.25) is 0 Å². The van der Waals surface area contributed by atoms with E-state index in [-0.39, 0.29) is 35.0 Å². The third-order valence-electron chi connectivity index (χ3n) is 7.00. The van der Waals surface area contributed by atoms with E-state index in [1.165, 1.54) is 11.0 Å². The maximum absolute atomic E-state index is 13.9. The standard InChI is InChI=1S/C28H19F3N6O2/c1-32-18-5-6-19(20(11-18)26-35-33-14-36(26)2)17-9-24(16-3-4-16)34-25(10-17)37-12-22-21(27(37)39)7-15(13-38)8-23(22)28(29,30)31/h5-11,13-14,16H,3-4,12H2,2H3. The van der Waals surface area contributed by atoms with Gasteiger partial charge in [0.15, 0.2) is 11.5 Å². The normalized spacial score (nSPS) is 14.8. The fourth-order valence-corrected chi connectivity index (χ4v) is 4.92. The molecule has 6 rings (SSSR count). The highest BCUT2D eigenvalue weighted by Crippen LogP contribution is 2.44. The van der Waals surface area contributed by atoms with Crippen LogP contribution < -0.4 is 4.90 Å². The summed E-state index contributed by atoms with van der Waals surface area (Å²) in [6, 6.07) is 10.7. The zero-order valence-corrected chi connectivity index (χ0v) is 20.5. The van der Waals surface area contributed by atoms with E-state index in [0.717, 1.165) is 24.6 Å². The van der Waals surface area contributed by atoms with Gasteiger partial charge in [0.05, 0.1) is 18.7 Å². The van der Waals surface area contributed by atoms with Gasteiger partial charge in [-0.25, -0.2) is 9.83 Å². The first kappa shape index (κ1) is 24.5. The number of anilines is 1. The topological polar surface area (TPSA) is 85.3 Å². The molecule has 4 aromatic rings. The minimum Gasteiger partial charge on any atom is -0.317 e. The number of halogens is 3. The fraction of sp³-hybridized carbons (Fsp3) is 0.214. The number of carbonyl (C=O) groups is 2. The molecule has 39 heavy (non-hydrogen) atoms. The van der Waals surface area contributed by atoms with Gasteiger partial charge in [-0.1, -0.05) is 12.1 Å². The lowest BCUT2D eigenvalue weighted by atomic mass is 9.97. The summed E-state index contributed by atoms with van der Waals surface area (Å²) >= 11 is 0. The van der Waals surface area contributed by atoms with Gasteiger partial charge in [0.2, 0.25) is 0 Å². The first-order chi connectivity index (χ1) is 18.7. The molecule has 0 N–H and O–H groups in total. The average Bonchev–Trinajstić information content (AvgIpc) is 3.61. The Bertz CT molecular complexity index is 1720. The van der Waals surface area contributed by atoms with Crippen LogP contribution in [0, 0.1) is 6.57 Å². The Morgan fingerprint density at radius 3 is 2.51 bits per heavy atom. The number of hydrogen-bond donors (Lipinski definition) is 0. The van der Waals surface area contributed by atoms with Crippen molar-refractivity contribution in [2.24, 2.45) is 7.05 Å². The number of alkyl halides is 3. The van der Waals surface area contributed by atoms with E-state index < -0.39 is 17.6 Å². The quantitative estimate of drug-likeness (QED) is 0.236. The van der Waals surface area contributed by atoms with E-state index in [1.54, 1.807) is 42.2 Å². The van der Waals surface area contributed by atoms with Crippen LogP contribution in [0.25, 0.3) is 27.4 Å². The molecule has 1 amide bonds. The van der Waals surface area contributed by atoms with Crippen molar-refractivity contribution in [3.8, 4) is 22.5 Å². The number of aromatic nitrogens is 4. The lowest BCUT2D eigenvalue weighted by Crippen LogP contribution is -2.24. The first-order valence-corrected chi connectivity index (χ1v) is 12.1. The highest BCUT2D eigenvalue weighted by atomic mass is 19.4. The van der Waals surface area contributed by atoms with Crippen LogP contribution in [0.3, 0.4) is 0 Å². The molecule has 0 radical (unpaired) electrons. The number of hydrogen-bond acceptors (Lipinski definition) is 5. The number of aldehydes is 1. The van der Waals surface area contributed by atoms with Crippen LogP contribution in [-0.2, 0) is 19.8 Å². The number of nitrogens with zero attached hydrogens (tertiary/aromatic N) is 6. The van der Waals surface area contributed by atoms with Crippen molar-refractivity contribution in [1.82, 2.24) is 19.7 Å². The van der Waals surface area contributed by atoms with E-state index in [4.69, 9.17) is 6.57 Å². The summed E-state index contributed by atoms with van der Waals surface area (Å²) in [6.45, 7) is 7.12. The van der Waals surface area contributed by atoms with Gasteiger partial charge in [-0.2, -0.15) is 13.2 Å². The Hall–Kier alpha value is -4.85. The number of aryl methyl sites for hydroxylation is 1. The summed E-state index contributed by atoms with van der Waals surface area (Å²) in [4.78, 5) is 34.2.